The van der Waals surface area contributed by atoms with Crippen LogP contribution in [0.3, 0.4) is 0 Å². The van der Waals surface area contributed by atoms with Gasteiger partial charge in [0.05, 0.1) is 21.5 Å². The zero-order valence-electron chi connectivity index (χ0n) is 14.8. The van der Waals surface area contributed by atoms with Crippen molar-refractivity contribution in [2.75, 3.05) is 0 Å². The van der Waals surface area contributed by atoms with Crippen LogP contribution in [0.4, 0.5) is 5.69 Å². The van der Waals surface area contributed by atoms with Crippen LogP contribution in [-0.2, 0) is 0 Å². The molecule has 7 heteroatoms. The number of nitriles is 1. The van der Waals surface area contributed by atoms with Crippen LogP contribution < -0.4 is 0 Å². The molecule has 1 N–H and O–H groups in total. The van der Waals surface area contributed by atoms with E-state index in [0.717, 1.165) is 11.0 Å². The third-order valence-electron chi connectivity index (χ3n) is 4.45. The van der Waals surface area contributed by atoms with Gasteiger partial charge in [-0.25, -0.2) is 4.98 Å². The molecule has 2 aromatic carbocycles. The van der Waals surface area contributed by atoms with Gasteiger partial charge in [0, 0.05) is 23.3 Å². The van der Waals surface area contributed by atoms with Crippen molar-refractivity contribution in [2.24, 2.45) is 0 Å². The first-order valence-corrected chi connectivity index (χ1v) is 8.48. The van der Waals surface area contributed by atoms with E-state index in [2.05, 4.69) is 16.0 Å². The number of aromatic amines is 1. The van der Waals surface area contributed by atoms with Gasteiger partial charge in [0.1, 0.15) is 23.4 Å². The molecule has 2 heterocycles. The minimum Gasteiger partial charge on any atom is -0.457 e. The molecular weight excluding hydrogens is 356 g/mol. The number of hydrogen-bond donors (Lipinski definition) is 1. The van der Waals surface area contributed by atoms with E-state index in [0.29, 0.717) is 34.0 Å². The molecule has 0 aliphatic rings. The summed E-state index contributed by atoms with van der Waals surface area (Å²) in [6, 6.07) is 17.9. The molecule has 0 saturated heterocycles. The molecule has 0 radical (unpaired) electrons. The molecule has 4 aromatic rings. The van der Waals surface area contributed by atoms with Crippen LogP contribution in [0.25, 0.3) is 34.0 Å². The average Bonchev–Trinajstić information content (AvgIpc) is 3.32. The number of rotatable bonds is 4. The third-order valence-corrected chi connectivity index (χ3v) is 4.45. The Bertz CT molecular complexity index is 1240. The lowest BCUT2D eigenvalue weighted by atomic mass is 10.1. The van der Waals surface area contributed by atoms with Crippen molar-refractivity contribution in [1.82, 2.24) is 9.97 Å². The second kappa shape index (κ2) is 6.85. The predicted molar refractivity (Wildman–Crippen MR) is 105 cm³/mol. The number of benzene rings is 2. The van der Waals surface area contributed by atoms with Gasteiger partial charge in [0.2, 0.25) is 0 Å². The number of nitrogens with zero attached hydrogens (tertiary/aromatic N) is 3. The van der Waals surface area contributed by atoms with Crippen molar-refractivity contribution in [2.45, 2.75) is 6.92 Å². The maximum absolute atomic E-state index is 11.1. The number of hydrogen-bond acceptors (Lipinski definition) is 5. The number of nitrogens with one attached hydrogen (secondary N) is 1. The van der Waals surface area contributed by atoms with Gasteiger partial charge in [-0.1, -0.05) is 24.3 Å². The van der Waals surface area contributed by atoms with Crippen LogP contribution in [0.2, 0.25) is 0 Å². The van der Waals surface area contributed by atoms with Gasteiger partial charge >= 0.3 is 0 Å². The van der Waals surface area contributed by atoms with E-state index in [9.17, 15) is 15.4 Å². The Labute approximate surface area is 159 Å². The summed E-state index contributed by atoms with van der Waals surface area (Å²) in [4.78, 5) is 18.3. The van der Waals surface area contributed by atoms with Gasteiger partial charge in [-0.3, -0.25) is 10.1 Å². The third kappa shape index (κ3) is 3.04. The van der Waals surface area contributed by atoms with E-state index >= 15 is 0 Å². The molecule has 28 heavy (non-hydrogen) atoms. The number of imidazole rings is 1. The Balaban J connectivity index is 1.72. The summed E-state index contributed by atoms with van der Waals surface area (Å²) in [5.74, 6) is 1.40. The quantitative estimate of drug-likeness (QED) is 0.305. The van der Waals surface area contributed by atoms with Gasteiger partial charge in [-0.05, 0) is 31.2 Å². The second-order valence-electron chi connectivity index (χ2n) is 6.18. The second-order valence-corrected chi connectivity index (χ2v) is 6.18. The number of para-hydroxylation sites is 2. The molecule has 4 rings (SSSR count). The van der Waals surface area contributed by atoms with Crippen LogP contribution in [0, 0.1) is 28.4 Å². The van der Waals surface area contributed by atoms with Crippen LogP contribution in [0.15, 0.2) is 59.0 Å². The number of fused-ring (bicyclic) bond motifs is 1. The van der Waals surface area contributed by atoms with Crippen molar-refractivity contribution in [1.29, 1.82) is 5.26 Å². The number of allylic oxidation sites excluding steroid dienone is 1. The Hall–Kier alpha value is -4.18. The summed E-state index contributed by atoms with van der Waals surface area (Å²) in [6.07, 6.45) is 1.59. The molecule has 0 aliphatic carbocycles. The molecule has 0 atom stereocenters. The fourth-order valence-corrected chi connectivity index (χ4v) is 3.04. The highest BCUT2D eigenvalue weighted by molar-refractivity contribution is 5.89. The molecule has 2 aromatic heterocycles. The molecule has 0 unspecified atom stereocenters. The first-order chi connectivity index (χ1) is 13.6. The zero-order valence-corrected chi connectivity index (χ0v) is 14.8. The normalized spacial score (nSPS) is 11.5. The van der Waals surface area contributed by atoms with E-state index in [4.69, 9.17) is 4.42 Å². The smallest absolute Gasteiger partial charge is 0.273 e. The Morgan fingerprint density at radius 3 is 2.79 bits per heavy atom. The first-order valence-electron chi connectivity index (χ1n) is 8.48. The summed E-state index contributed by atoms with van der Waals surface area (Å²) >= 11 is 0. The average molecular weight is 370 g/mol. The maximum Gasteiger partial charge on any atom is 0.273 e. The molecule has 0 fully saturated rings. The first kappa shape index (κ1) is 17.2. The highest BCUT2D eigenvalue weighted by Crippen LogP contribution is 2.31. The summed E-state index contributed by atoms with van der Waals surface area (Å²) in [7, 11) is 0. The van der Waals surface area contributed by atoms with Crippen molar-refractivity contribution >= 4 is 28.4 Å². The van der Waals surface area contributed by atoms with Gasteiger partial charge in [0.25, 0.3) is 5.69 Å². The lowest BCUT2D eigenvalue weighted by Gasteiger charge is -2.03. The van der Waals surface area contributed by atoms with E-state index in [-0.39, 0.29) is 5.69 Å². The lowest BCUT2D eigenvalue weighted by molar-refractivity contribution is -0.385. The van der Waals surface area contributed by atoms with Crippen molar-refractivity contribution < 1.29 is 9.34 Å². The summed E-state index contributed by atoms with van der Waals surface area (Å²) < 4.78 is 5.82. The van der Waals surface area contributed by atoms with E-state index in [1.165, 1.54) is 6.07 Å². The fraction of sp³-hybridized carbons (Fsp3) is 0.0476. The van der Waals surface area contributed by atoms with Crippen LogP contribution in [0.5, 0.6) is 0 Å². The fourth-order valence-electron chi connectivity index (χ4n) is 3.04. The molecule has 0 saturated carbocycles. The lowest BCUT2D eigenvalue weighted by Crippen LogP contribution is -1.93. The standard InChI is InChI=1S/C21H14N4O3/c1-13-16(5-4-8-19(13)25(26)27)20-10-9-15(28-20)11-14(12-22)21-23-17-6-2-3-7-18(17)24-21/h2-11H,1H3,(H,23,24)/b14-11-. The molecular formula is C21H14N4O3. The SMILES string of the molecule is Cc1c(-c2ccc(/C=C(/C#N)c3nc4ccccc4[nH]3)o2)cccc1[N+](=O)[O-]. The topological polar surface area (TPSA) is 109 Å². The van der Waals surface area contributed by atoms with Crippen LogP contribution in [-0.4, -0.2) is 14.9 Å². The Morgan fingerprint density at radius 1 is 1.21 bits per heavy atom. The maximum atomic E-state index is 11.1. The molecule has 0 aliphatic heterocycles. The predicted octanol–water partition coefficient (Wildman–Crippen LogP) is 5.10. The highest BCUT2D eigenvalue weighted by Gasteiger charge is 2.16. The van der Waals surface area contributed by atoms with Gasteiger partial charge in [-0.15, -0.1) is 0 Å². The molecule has 0 bridgehead atoms. The number of nitro benzene ring substituents is 1. The number of aromatic nitrogens is 2. The van der Waals surface area contributed by atoms with Gasteiger partial charge in [-0.2, -0.15) is 5.26 Å². The van der Waals surface area contributed by atoms with E-state index in [1.807, 2.05) is 24.3 Å². The number of H-pyrrole nitrogens is 1. The van der Waals surface area contributed by atoms with Crippen molar-refractivity contribution in [3.8, 4) is 17.4 Å². The summed E-state index contributed by atoms with van der Waals surface area (Å²) in [6.45, 7) is 1.68. The Morgan fingerprint density at radius 2 is 2.04 bits per heavy atom. The van der Waals surface area contributed by atoms with Crippen LogP contribution >= 0.6 is 0 Å². The molecule has 0 amide bonds. The molecule has 136 valence electrons. The van der Waals surface area contributed by atoms with E-state index in [1.54, 1.807) is 37.3 Å². The number of nitro groups is 1. The zero-order chi connectivity index (χ0) is 19.7. The van der Waals surface area contributed by atoms with Gasteiger partial charge < -0.3 is 9.40 Å². The van der Waals surface area contributed by atoms with Crippen molar-refractivity contribution in [3.05, 3.63) is 81.9 Å². The number of furan rings is 1. The largest absolute Gasteiger partial charge is 0.457 e. The monoisotopic (exact) mass is 370 g/mol. The van der Waals surface area contributed by atoms with E-state index < -0.39 is 4.92 Å². The minimum atomic E-state index is -0.419. The summed E-state index contributed by atoms with van der Waals surface area (Å²) in [5, 5.41) is 20.7. The van der Waals surface area contributed by atoms with Crippen molar-refractivity contribution in [3.63, 3.8) is 0 Å². The minimum absolute atomic E-state index is 0.0333. The molecule has 7 nitrogen and oxygen atoms in total. The van der Waals surface area contributed by atoms with Gasteiger partial charge in [0.15, 0.2) is 0 Å². The highest BCUT2D eigenvalue weighted by atomic mass is 16.6. The Kier molecular flexibility index (Phi) is 4.22. The molecule has 0 spiro atoms. The summed E-state index contributed by atoms with van der Waals surface area (Å²) in [5.41, 5.74) is 3.13. The van der Waals surface area contributed by atoms with Crippen LogP contribution in [0.1, 0.15) is 17.1 Å².